The highest BCUT2D eigenvalue weighted by atomic mass is 16.1. The summed E-state index contributed by atoms with van der Waals surface area (Å²) in [4.78, 5) is 15.2. The molecule has 0 aliphatic rings. The lowest BCUT2D eigenvalue weighted by Gasteiger charge is -2.36. The van der Waals surface area contributed by atoms with E-state index in [0.717, 1.165) is 16.7 Å². The summed E-state index contributed by atoms with van der Waals surface area (Å²) in [5, 5.41) is 5.44. The standard InChI is InChI=1S/C25H19N3O/c29-24-22-18-28(27-23(22)16-17-26-24)25(19-10-4-1-5-11-19,20-12-6-2-7-13-20)21-14-8-3-9-15-21/h1-18H,(H,26,29). The number of H-pyrrole nitrogens is 1. The first-order chi connectivity index (χ1) is 14.3. The maximum Gasteiger partial charge on any atom is 0.259 e. The van der Waals surface area contributed by atoms with E-state index in [9.17, 15) is 4.79 Å². The van der Waals surface area contributed by atoms with Crippen molar-refractivity contribution < 1.29 is 0 Å². The lowest BCUT2D eigenvalue weighted by Crippen LogP contribution is -2.38. The molecule has 0 spiro atoms. The molecule has 0 atom stereocenters. The normalized spacial score (nSPS) is 11.6. The Kier molecular flexibility index (Phi) is 4.10. The summed E-state index contributed by atoms with van der Waals surface area (Å²) in [5.41, 5.74) is 3.03. The van der Waals surface area contributed by atoms with Gasteiger partial charge < -0.3 is 4.98 Å². The summed E-state index contributed by atoms with van der Waals surface area (Å²) in [7, 11) is 0. The van der Waals surface area contributed by atoms with Crippen LogP contribution in [0, 0.1) is 0 Å². The third-order valence-electron chi connectivity index (χ3n) is 5.36. The SMILES string of the molecule is O=c1[nH]ccc2nn(C(c3ccccc3)(c3ccccc3)c3ccccc3)cc12. The minimum atomic E-state index is -0.713. The maximum atomic E-state index is 12.4. The summed E-state index contributed by atoms with van der Waals surface area (Å²) in [6.07, 6.45) is 3.48. The van der Waals surface area contributed by atoms with Gasteiger partial charge in [0.05, 0.1) is 10.9 Å². The van der Waals surface area contributed by atoms with Gasteiger partial charge in [-0.05, 0) is 22.8 Å². The van der Waals surface area contributed by atoms with Gasteiger partial charge in [0.2, 0.25) is 0 Å². The second-order valence-corrected chi connectivity index (χ2v) is 6.99. The van der Waals surface area contributed by atoms with Crippen LogP contribution in [0.25, 0.3) is 10.9 Å². The van der Waals surface area contributed by atoms with Gasteiger partial charge in [0, 0.05) is 12.4 Å². The topological polar surface area (TPSA) is 50.7 Å². The fraction of sp³-hybridized carbons (Fsp3) is 0.0400. The Morgan fingerprint density at radius 1 is 0.690 bits per heavy atom. The highest BCUT2D eigenvalue weighted by molar-refractivity contribution is 5.77. The molecule has 0 unspecified atom stereocenters. The number of nitrogens with one attached hydrogen (secondary N) is 1. The molecule has 3 aromatic carbocycles. The summed E-state index contributed by atoms with van der Waals surface area (Å²) >= 11 is 0. The van der Waals surface area contributed by atoms with Gasteiger partial charge in [-0.25, -0.2) is 0 Å². The van der Waals surface area contributed by atoms with Gasteiger partial charge in [-0.15, -0.1) is 0 Å². The van der Waals surface area contributed by atoms with E-state index >= 15 is 0 Å². The van der Waals surface area contributed by atoms with Crippen molar-refractivity contribution >= 4 is 10.9 Å². The minimum Gasteiger partial charge on any atom is -0.328 e. The summed E-state index contributed by atoms with van der Waals surface area (Å²) in [5.74, 6) is 0. The van der Waals surface area contributed by atoms with Crippen LogP contribution >= 0.6 is 0 Å². The Morgan fingerprint density at radius 3 is 1.62 bits per heavy atom. The molecule has 2 aromatic heterocycles. The molecule has 0 saturated heterocycles. The smallest absolute Gasteiger partial charge is 0.259 e. The van der Waals surface area contributed by atoms with Gasteiger partial charge in [-0.3, -0.25) is 9.48 Å². The van der Waals surface area contributed by atoms with E-state index in [1.54, 1.807) is 6.20 Å². The highest BCUT2D eigenvalue weighted by Crippen LogP contribution is 2.40. The number of aromatic amines is 1. The van der Waals surface area contributed by atoms with Crippen molar-refractivity contribution in [3.8, 4) is 0 Å². The molecular weight excluding hydrogens is 358 g/mol. The van der Waals surface area contributed by atoms with E-state index in [1.807, 2.05) is 71.5 Å². The van der Waals surface area contributed by atoms with Gasteiger partial charge in [0.25, 0.3) is 5.56 Å². The molecule has 0 amide bonds. The zero-order valence-corrected chi connectivity index (χ0v) is 15.7. The van der Waals surface area contributed by atoms with E-state index in [1.165, 1.54) is 0 Å². The molecule has 140 valence electrons. The molecule has 0 aliphatic carbocycles. The fourth-order valence-electron chi connectivity index (χ4n) is 4.07. The number of rotatable bonds is 4. The van der Waals surface area contributed by atoms with Crippen LogP contribution in [0.2, 0.25) is 0 Å². The van der Waals surface area contributed by atoms with Gasteiger partial charge in [-0.2, -0.15) is 5.10 Å². The molecule has 1 N–H and O–H groups in total. The van der Waals surface area contributed by atoms with Crippen LogP contribution in [-0.2, 0) is 5.54 Å². The van der Waals surface area contributed by atoms with Crippen molar-refractivity contribution in [2.24, 2.45) is 0 Å². The number of benzene rings is 3. The van der Waals surface area contributed by atoms with Crippen molar-refractivity contribution in [3.05, 3.63) is 136 Å². The van der Waals surface area contributed by atoms with E-state index in [-0.39, 0.29) is 5.56 Å². The van der Waals surface area contributed by atoms with Gasteiger partial charge in [-0.1, -0.05) is 91.0 Å². The van der Waals surface area contributed by atoms with Crippen LogP contribution in [0.3, 0.4) is 0 Å². The minimum absolute atomic E-state index is 0.142. The summed E-state index contributed by atoms with van der Waals surface area (Å²) < 4.78 is 1.92. The fourth-order valence-corrected chi connectivity index (χ4v) is 4.07. The van der Waals surface area contributed by atoms with Gasteiger partial charge in [0.15, 0.2) is 0 Å². The molecule has 0 bridgehead atoms. The Labute approximate surface area is 168 Å². The number of aromatic nitrogens is 3. The molecule has 2 heterocycles. The van der Waals surface area contributed by atoms with Crippen LogP contribution in [0.1, 0.15) is 16.7 Å². The molecule has 0 fully saturated rings. The van der Waals surface area contributed by atoms with E-state index in [0.29, 0.717) is 10.9 Å². The van der Waals surface area contributed by atoms with E-state index in [4.69, 9.17) is 5.10 Å². The lowest BCUT2D eigenvalue weighted by atomic mass is 9.77. The van der Waals surface area contributed by atoms with Crippen molar-refractivity contribution in [1.82, 2.24) is 14.8 Å². The average Bonchev–Trinajstić information content (AvgIpc) is 3.23. The molecule has 0 saturated carbocycles. The first kappa shape index (κ1) is 17.2. The molecule has 4 heteroatoms. The van der Waals surface area contributed by atoms with Crippen molar-refractivity contribution in [2.75, 3.05) is 0 Å². The number of nitrogens with zero attached hydrogens (tertiary/aromatic N) is 2. The largest absolute Gasteiger partial charge is 0.328 e. The third kappa shape index (κ3) is 2.69. The van der Waals surface area contributed by atoms with Crippen molar-refractivity contribution in [3.63, 3.8) is 0 Å². The van der Waals surface area contributed by atoms with Crippen molar-refractivity contribution in [2.45, 2.75) is 5.54 Å². The first-order valence-electron chi connectivity index (χ1n) is 9.54. The van der Waals surface area contributed by atoms with Crippen molar-refractivity contribution in [1.29, 1.82) is 0 Å². The average molecular weight is 377 g/mol. The quantitative estimate of drug-likeness (QED) is 0.467. The highest BCUT2D eigenvalue weighted by Gasteiger charge is 2.39. The number of pyridine rings is 1. The number of hydrogen-bond acceptors (Lipinski definition) is 2. The van der Waals surface area contributed by atoms with Gasteiger partial charge >= 0.3 is 0 Å². The zero-order valence-electron chi connectivity index (χ0n) is 15.7. The monoisotopic (exact) mass is 377 g/mol. The predicted molar refractivity (Wildman–Crippen MR) is 115 cm³/mol. The zero-order chi connectivity index (χ0) is 19.7. The molecule has 5 aromatic rings. The predicted octanol–water partition coefficient (Wildman–Crippen LogP) is 4.56. The Morgan fingerprint density at radius 2 is 1.17 bits per heavy atom. The van der Waals surface area contributed by atoms with Crippen LogP contribution < -0.4 is 5.56 Å². The molecule has 0 aliphatic heterocycles. The Balaban J connectivity index is 1.95. The van der Waals surface area contributed by atoms with E-state index < -0.39 is 5.54 Å². The summed E-state index contributed by atoms with van der Waals surface area (Å²) in [6, 6.07) is 32.7. The molecule has 5 rings (SSSR count). The van der Waals surface area contributed by atoms with Crippen LogP contribution in [0.5, 0.6) is 0 Å². The molecule has 29 heavy (non-hydrogen) atoms. The second kappa shape index (κ2) is 6.91. The lowest BCUT2D eigenvalue weighted by molar-refractivity contribution is 0.464. The number of fused-ring (bicyclic) bond motifs is 1. The number of hydrogen-bond donors (Lipinski definition) is 1. The van der Waals surface area contributed by atoms with Crippen LogP contribution in [0.15, 0.2) is 114 Å². The Bertz CT molecular complexity index is 1210. The van der Waals surface area contributed by atoms with Gasteiger partial charge in [0.1, 0.15) is 5.54 Å². The molecule has 0 radical (unpaired) electrons. The first-order valence-corrected chi connectivity index (χ1v) is 9.54. The molecular formula is C25H19N3O. The van der Waals surface area contributed by atoms with Crippen LogP contribution in [0.4, 0.5) is 0 Å². The van der Waals surface area contributed by atoms with E-state index in [2.05, 4.69) is 41.4 Å². The third-order valence-corrected chi connectivity index (χ3v) is 5.36. The second-order valence-electron chi connectivity index (χ2n) is 6.99. The maximum absolute atomic E-state index is 12.4. The summed E-state index contributed by atoms with van der Waals surface area (Å²) in [6.45, 7) is 0. The Hall–Kier alpha value is -3.92. The molecule has 4 nitrogen and oxygen atoms in total. The van der Waals surface area contributed by atoms with Crippen LogP contribution in [-0.4, -0.2) is 14.8 Å².